The lowest BCUT2D eigenvalue weighted by atomic mass is 10.3. The van der Waals surface area contributed by atoms with Crippen molar-refractivity contribution in [3.8, 4) is 5.88 Å². The van der Waals surface area contributed by atoms with Crippen molar-refractivity contribution >= 4 is 27.5 Å². The van der Waals surface area contributed by atoms with Gasteiger partial charge in [-0.2, -0.15) is 0 Å². The van der Waals surface area contributed by atoms with Crippen LogP contribution >= 0.6 is 11.6 Å². The molecule has 104 valence electrons. The number of ether oxygens (including phenoxy) is 1. The summed E-state index contributed by atoms with van der Waals surface area (Å²) >= 11 is 5.91. The van der Waals surface area contributed by atoms with E-state index < -0.39 is 9.84 Å². The van der Waals surface area contributed by atoms with Gasteiger partial charge in [-0.3, -0.25) is 4.98 Å². The second kappa shape index (κ2) is 6.02. The first kappa shape index (κ1) is 14.5. The number of aromatic nitrogens is 2. The number of hydrogen-bond acceptors (Lipinski definition) is 5. The first-order valence-corrected chi connectivity index (χ1v) is 7.50. The molecule has 0 N–H and O–H groups in total. The fourth-order valence-corrected chi connectivity index (χ4v) is 2.78. The molecule has 2 aromatic rings. The maximum atomic E-state index is 12.2. The Hall–Kier alpha value is -1.92. The Morgan fingerprint density at radius 2 is 1.90 bits per heavy atom. The van der Waals surface area contributed by atoms with E-state index in [2.05, 4.69) is 9.97 Å². The molecular formula is C13H11ClN2O3S. The van der Waals surface area contributed by atoms with Crippen LogP contribution in [0.1, 0.15) is 5.69 Å². The zero-order valence-electron chi connectivity index (χ0n) is 10.5. The van der Waals surface area contributed by atoms with Crippen LogP contribution in [0.15, 0.2) is 47.0 Å². The Bertz CT molecular complexity index is 745. The molecule has 0 saturated heterocycles. The molecule has 7 heteroatoms. The SMILES string of the molecule is COc1ncccc1S(=O)(=O)/C=C/c1ncccc1Cl. The summed E-state index contributed by atoms with van der Waals surface area (Å²) in [6.45, 7) is 0. The van der Waals surface area contributed by atoms with Crippen molar-refractivity contribution in [3.05, 3.63) is 52.8 Å². The van der Waals surface area contributed by atoms with Gasteiger partial charge in [0, 0.05) is 17.8 Å². The summed E-state index contributed by atoms with van der Waals surface area (Å²) in [5.41, 5.74) is 0.376. The van der Waals surface area contributed by atoms with Crippen molar-refractivity contribution in [2.75, 3.05) is 7.11 Å². The van der Waals surface area contributed by atoms with Gasteiger partial charge in [0.1, 0.15) is 4.90 Å². The predicted octanol–water partition coefficient (Wildman–Crippen LogP) is 2.58. The molecule has 0 aliphatic heterocycles. The van der Waals surface area contributed by atoms with E-state index >= 15 is 0 Å². The first-order chi connectivity index (χ1) is 9.54. The smallest absolute Gasteiger partial charge is 0.232 e. The molecule has 0 saturated carbocycles. The monoisotopic (exact) mass is 310 g/mol. The van der Waals surface area contributed by atoms with Crippen molar-refractivity contribution in [2.24, 2.45) is 0 Å². The van der Waals surface area contributed by atoms with Crippen LogP contribution in [0.4, 0.5) is 0 Å². The molecule has 0 fully saturated rings. The van der Waals surface area contributed by atoms with Crippen molar-refractivity contribution < 1.29 is 13.2 Å². The van der Waals surface area contributed by atoms with Crippen LogP contribution in [0.3, 0.4) is 0 Å². The Kier molecular flexibility index (Phi) is 4.36. The molecule has 5 nitrogen and oxygen atoms in total. The molecular weight excluding hydrogens is 300 g/mol. The van der Waals surface area contributed by atoms with Crippen molar-refractivity contribution in [3.63, 3.8) is 0 Å². The average molecular weight is 311 g/mol. The fraction of sp³-hybridized carbons (Fsp3) is 0.0769. The van der Waals surface area contributed by atoms with E-state index in [1.165, 1.54) is 37.7 Å². The van der Waals surface area contributed by atoms with Crippen LogP contribution in [0.2, 0.25) is 5.02 Å². The third-order valence-corrected chi connectivity index (χ3v) is 4.17. The fourth-order valence-electron chi connectivity index (χ4n) is 1.49. The summed E-state index contributed by atoms with van der Waals surface area (Å²) in [4.78, 5) is 7.84. The lowest BCUT2D eigenvalue weighted by molar-refractivity contribution is 0.385. The van der Waals surface area contributed by atoms with Crippen LogP contribution in [-0.2, 0) is 9.84 Å². The highest BCUT2D eigenvalue weighted by Gasteiger charge is 2.17. The number of rotatable bonds is 4. The molecule has 2 heterocycles. The molecule has 0 amide bonds. The van der Waals surface area contributed by atoms with E-state index in [4.69, 9.17) is 16.3 Å². The van der Waals surface area contributed by atoms with E-state index in [0.29, 0.717) is 10.7 Å². The minimum Gasteiger partial charge on any atom is -0.480 e. The molecule has 0 radical (unpaired) electrons. The molecule has 0 aromatic carbocycles. The molecule has 0 unspecified atom stereocenters. The molecule has 0 spiro atoms. The van der Waals surface area contributed by atoms with Gasteiger partial charge in [0.05, 0.1) is 17.8 Å². The number of hydrogen-bond donors (Lipinski definition) is 0. The minimum absolute atomic E-state index is 0.00852. The van der Waals surface area contributed by atoms with Gasteiger partial charge in [-0.05, 0) is 30.3 Å². The Morgan fingerprint density at radius 1 is 1.20 bits per heavy atom. The molecule has 0 bridgehead atoms. The van der Waals surface area contributed by atoms with Crippen LogP contribution in [0, 0.1) is 0 Å². The molecule has 20 heavy (non-hydrogen) atoms. The normalized spacial score (nSPS) is 11.7. The number of nitrogens with zero attached hydrogens (tertiary/aromatic N) is 2. The van der Waals surface area contributed by atoms with Gasteiger partial charge >= 0.3 is 0 Å². The average Bonchev–Trinajstić information content (AvgIpc) is 2.46. The molecule has 0 atom stereocenters. The summed E-state index contributed by atoms with van der Waals surface area (Å²) in [5, 5.41) is 1.40. The van der Waals surface area contributed by atoms with Gasteiger partial charge in [-0.15, -0.1) is 0 Å². The van der Waals surface area contributed by atoms with Crippen molar-refractivity contribution in [2.45, 2.75) is 4.90 Å². The van der Waals surface area contributed by atoms with Gasteiger partial charge in [0.25, 0.3) is 0 Å². The van der Waals surface area contributed by atoms with Crippen LogP contribution < -0.4 is 4.74 Å². The summed E-state index contributed by atoms with van der Waals surface area (Å²) in [7, 11) is -2.32. The van der Waals surface area contributed by atoms with Crippen molar-refractivity contribution in [1.82, 2.24) is 9.97 Å². The largest absolute Gasteiger partial charge is 0.480 e. The van der Waals surface area contributed by atoms with Gasteiger partial charge in [-0.25, -0.2) is 13.4 Å². The van der Waals surface area contributed by atoms with Crippen molar-refractivity contribution in [1.29, 1.82) is 0 Å². The topological polar surface area (TPSA) is 69.2 Å². The summed E-state index contributed by atoms with van der Waals surface area (Å²) in [5.74, 6) is 0.0456. The van der Waals surface area contributed by atoms with Gasteiger partial charge in [0.15, 0.2) is 0 Å². The zero-order valence-corrected chi connectivity index (χ0v) is 12.1. The standard InChI is InChI=1S/C13H11ClN2O3S/c1-19-13-12(5-3-8-16-13)20(17,18)9-6-11-10(14)4-2-7-15-11/h2-9H,1H3/b9-6+. The number of methoxy groups -OCH3 is 1. The van der Waals surface area contributed by atoms with E-state index in [1.54, 1.807) is 12.1 Å². The van der Waals surface area contributed by atoms with E-state index in [1.807, 2.05) is 0 Å². The van der Waals surface area contributed by atoms with Crippen LogP contribution in [-0.4, -0.2) is 25.5 Å². The second-order valence-corrected chi connectivity index (χ2v) is 5.94. The highest BCUT2D eigenvalue weighted by molar-refractivity contribution is 7.94. The lowest BCUT2D eigenvalue weighted by Gasteiger charge is -2.04. The van der Waals surface area contributed by atoms with Crippen LogP contribution in [0.25, 0.3) is 6.08 Å². The second-order valence-electron chi connectivity index (χ2n) is 3.73. The Labute approximate surface area is 121 Å². The molecule has 0 aliphatic rings. The third-order valence-electron chi connectivity index (χ3n) is 2.43. The highest BCUT2D eigenvalue weighted by atomic mass is 35.5. The summed E-state index contributed by atoms with van der Waals surface area (Å²) < 4.78 is 29.4. The summed E-state index contributed by atoms with van der Waals surface area (Å²) in [6, 6.07) is 6.24. The maximum Gasteiger partial charge on any atom is 0.232 e. The van der Waals surface area contributed by atoms with Gasteiger partial charge in [-0.1, -0.05) is 11.6 Å². The Balaban J connectivity index is 2.39. The third kappa shape index (κ3) is 3.15. The quantitative estimate of drug-likeness (QED) is 0.868. The van der Waals surface area contributed by atoms with E-state index in [-0.39, 0.29) is 10.8 Å². The zero-order chi connectivity index (χ0) is 14.6. The van der Waals surface area contributed by atoms with E-state index in [0.717, 1.165) is 5.41 Å². The number of sulfone groups is 1. The molecule has 0 aliphatic carbocycles. The number of halogens is 1. The molecule has 2 aromatic heterocycles. The van der Waals surface area contributed by atoms with Crippen LogP contribution in [0.5, 0.6) is 5.88 Å². The maximum absolute atomic E-state index is 12.2. The first-order valence-electron chi connectivity index (χ1n) is 5.57. The Morgan fingerprint density at radius 3 is 2.60 bits per heavy atom. The molecule has 2 rings (SSSR count). The predicted molar refractivity (Wildman–Crippen MR) is 76.3 cm³/mol. The summed E-state index contributed by atoms with van der Waals surface area (Å²) in [6.07, 6.45) is 4.32. The highest BCUT2D eigenvalue weighted by Crippen LogP contribution is 2.23. The minimum atomic E-state index is -3.68. The lowest BCUT2D eigenvalue weighted by Crippen LogP contribution is -2.01. The van der Waals surface area contributed by atoms with Gasteiger partial charge < -0.3 is 4.74 Å². The van der Waals surface area contributed by atoms with Gasteiger partial charge in [0.2, 0.25) is 15.7 Å². The van der Waals surface area contributed by atoms with E-state index in [9.17, 15) is 8.42 Å². The number of pyridine rings is 2.